The Morgan fingerprint density at radius 1 is 1.26 bits per heavy atom. The first-order valence-corrected chi connectivity index (χ1v) is 7.25. The van der Waals surface area contributed by atoms with Crippen LogP contribution in [0.5, 0.6) is 0 Å². The highest BCUT2D eigenvalue weighted by molar-refractivity contribution is 7.92. The minimum Gasteiger partial charge on any atom is -0.397 e. The third-order valence-corrected chi connectivity index (χ3v) is 4.14. The SMILES string of the molecule is Cc1cc(NS(=O)(=O)c2ccc(Cl)cc2)ncc1N. The van der Waals surface area contributed by atoms with Gasteiger partial charge in [-0.1, -0.05) is 11.6 Å². The first-order valence-electron chi connectivity index (χ1n) is 5.39. The third kappa shape index (κ3) is 3.15. The number of nitrogens with zero attached hydrogens (tertiary/aromatic N) is 1. The Bertz CT molecular complexity index is 699. The van der Waals surface area contributed by atoms with Crippen LogP contribution in [-0.2, 0) is 10.0 Å². The molecule has 0 aliphatic heterocycles. The molecular weight excluding hydrogens is 286 g/mol. The summed E-state index contributed by atoms with van der Waals surface area (Å²) < 4.78 is 26.6. The van der Waals surface area contributed by atoms with Crippen molar-refractivity contribution in [1.82, 2.24) is 4.98 Å². The predicted octanol–water partition coefficient (Wildman–Crippen LogP) is 2.43. The number of hydrogen-bond donors (Lipinski definition) is 2. The number of halogens is 1. The smallest absolute Gasteiger partial charge is 0.263 e. The summed E-state index contributed by atoms with van der Waals surface area (Å²) in [5.41, 5.74) is 6.89. The standard InChI is InChI=1S/C12H12ClN3O2S/c1-8-6-12(15-7-11(8)14)16-19(17,18)10-4-2-9(13)3-5-10/h2-7H,14H2,1H3,(H,15,16). The van der Waals surface area contributed by atoms with Crippen LogP contribution in [0.2, 0.25) is 5.02 Å². The summed E-state index contributed by atoms with van der Waals surface area (Å²) in [6.07, 6.45) is 1.41. The molecule has 0 fully saturated rings. The van der Waals surface area contributed by atoms with Crippen molar-refractivity contribution in [3.8, 4) is 0 Å². The molecule has 0 spiro atoms. The van der Waals surface area contributed by atoms with E-state index in [0.717, 1.165) is 5.56 Å². The quantitative estimate of drug-likeness (QED) is 0.911. The lowest BCUT2D eigenvalue weighted by molar-refractivity contribution is 0.601. The van der Waals surface area contributed by atoms with Crippen molar-refractivity contribution in [3.05, 3.63) is 47.1 Å². The summed E-state index contributed by atoms with van der Waals surface area (Å²) in [6, 6.07) is 7.45. The van der Waals surface area contributed by atoms with Gasteiger partial charge in [0.1, 0.15) is 5.82 Å². The Hall–Kier alpha value is -1.79. The summed E-state index contributed by atoms with van der Waals surface area (Å²) in [4.78, 5) is 4.04. The van der Waals surface area contributed by atoms with E-state index < -0.39 is 10.0 Å². The molecule has 0 atom stereocenters. The van der Waals surface area contributed by atoms with Crippen LogP contribution >= 0.6 is 11.6 Å². The molecule has 0 radical (unpaired) electrons. The molecule has 0 saturated heterocycles. The normalized spacial score (nSPS) is 11.3. The monoisotopic (exact) mass is 297 g/mol. The first kappa shape index (κ1) is 13.6. The molecule has 5 nitrogen and oxygen atoms in total. The second kappa shape index (κ2) is 5.07. The van der Waals surface area contributed by atoms with Crippen LogP contribution in [0.4, 0.5) is 11.5 Å². The average Bonchev–Trinajstić information content (AvgIpc) is 2.34. The fourth-order valence-electron chi connectivity index (χ4n) is 1.43. The first-order chi connectivity index (χ1) is 8.88. The number of anilines is 2. The van der Waals surface area contributed by atoms with Crippen LogP contribution < -0.4 is 10.5 Å². The van der Waals surface area contributed by atoms with E-state index in [2.05, 4.69) is 9.71 Å². The summed E-state index contributed by atoms with van der Waals surface area (Å²) >= 11 is 5.72. The molecule has 0 aliphatic rings. The van der Waals surface area contributed by atoms with E-state index in [-0.39, 0.29) is 10.7 Å². The van der Waals surface area contributed by atoms with E-state index in [0.29, 0.717) is 10.7 Å². The van der Waals surface area contributed by atoms with Gasteiger partial charge in [-0.05, 0) is 42.8 Å². The number of aromatic nitrogens is 1. The molecule has 2 rings (SSSR count). The predicted molar refractivity (Wildman–Crippen MR) is 75.6 cm³/mol. The second-order valence-electron chi connectivity index (χ2n) is 3.99. The molecular formula is C12H12ClN3O2S. The lowest BCUT2D eigenvalue weighted by Crippen LogP contribution is -2.14. The van der Waals surface area contributed by atoms with E-state index in [4.69, 9.17) is 17.3 Å². The number of hydrogen-bond acceptors (Lipinski definition) is 4. The minimum atomic E-state index is -3.67. The number of sulfonamides is 1. The van der Waals surface area contributed by atoms with E-state index in [9.17, 15) is 8.42 Å². The fraction of sp³-hybridized carbons (Fsp3) is 0.0833. The third-order valence-electron chi connectivity index (χ3n) is 2.51. The number of rotatable bonds is 3. The number of benzene rings is 1. The zero-order valence-corrected chi connectivity index (χ0v) is 11.7. The molecule has 0 saturated carbocycles. The molecule has 7 heteroatoms. The van der Waals surface area contributed by atoms with Gasteiger partial charge in [-0.15, -0.1) is 0 Å². The van der Waals surface area contributed by atoms with Gasteiger partial charge in [-0.3, -0.25) is 4.72 Å². The van der Waals surface area contributed by atoms with Gasteiger partial charge in [0, 0.05) is 5.02 Å². The fourth-order valence-corrected chi connectivity index (χ4v) is 2.56. The van der Waals surface area contributed by atoms with Gasteiger partial charge in [-0.25, -0.2) is 13.4 Å². The van der Waals surface area contributed by atoms with E-state index >= 15 is 0 Å². The van der Waals surface area contributed by atoms with E-state index in [1.807, 2.05) is 0 Å². The highest BCUT2D eigenvalue weighted by Crippen LogP contribution is 2.19. The number of aryl methyl sites for hydroxylation is 1. The van der Waals surface area contributed by atoms with E-state index in [1.54, 1.807) is 13.0 Å². The number of nitrogens with two attached hydrogens (primary N) is 1. The Labute approximate surface area is 116 Å². The molecule has 0 bridgehead atoms. The van der Waals surface area contributed by atoms with Gasteiger partial charge in [0.15, 0.2) is 0 Å². The molecule has 1 heterocycles. The van der Waals surface area contributed by atoms with Crippen LogP contribution in [0, 0.1) is 6.92 Å². The van der Waals surface area contributed by atoms with Crippen LogP contribution in [0.3, 0.4) is 0 Å². The highest BCUT2D eigenvalue weighted by Gasteiger charge is 2.14. The molecule has 3 N–H and O–H groups in total. The average molecular weight is 298 g/mol. The van der Waals surface area contributed by atoms with Crippen molar-refractivity contribution in [2.75, 3.05) is 10.5 Å². The Balaban J connectivity index is 2.30. The molecule has 0 amide bonds. The summed E-state index contributed by atoms with van der Waals surface area (Å²) in [5.74, 6) is 0.224. The van der Waals surface area contributed by atoms with Crippen molar-refractivity contribution in [3.63, 3.8) is 0 Å². The maximum Gasteiger partial charge on any atom is 0.263 e. The lowest BCUT2D eigenvalue weighted by Gasteiger charge is -2.08. The highest BCUT2D eigenvalue weighted by atomic mass is 35.5. The zero-order valence-electron chi connectivity index (χ0n) is 10.1. The number of nitrogen functional groups attached to an aromatic ring is 1. The number of pyridine rings is 1. The van der Waals surface area contributed by atoms with Gasteiger partial charge >= 0.3 is 0 Å². The zero-order chi connectivity index (χ0) is 14.0. The molecule has 1 aromatic heterocycles. The Morgan fingerprint density at radius 3 is 2.47 bits per heavy atom. The van der Waals surface area contributed by atoms with Gasteiger partial charge in [0.25, 0.3) is 10.0 Å². The summed E-state index contributed by atoms with van der Waals surface area (Å²) in [5, 5.41) is 0.473. The molecule has 1 aromatic carbocycles. The van der Waals surface area contributed by atoms with Crippen molar-refractivity contribution in [2.45, 2.75) is 11.8 Å². The van der Waals surface area contributed by atoms with Crippen molar-refractivity contribution >= 4 is 33.1 Å². The number of nitrogens with one attached hydrogen (secondary N) is 1. The van der Waals surface area contributed by atoms with Gasteiger partial charge < -0.3 is 5.73 Å². The summed E-state index contributed by atoms with van der Waals surface area (Å²) in [6.45, 7) is 1.77. The molecule has 2 aromatic rings. The molecule has 0 aliphatic carbocycles. The minimum absolute atomic E-state index is 0.119. The molecule has 100 valence electrons. The van der Waals surface area contributed by atoms with Crippen LogP contribution in [-0.4, -0.2) is 13.4 Å². The van der Waals surface area contributed by atoms with Gasteiger partial charge in [-0.2, -0.15) is 0 Å². The Morgan fingerprint density at radius 2 is 1.89 bits per heavy atom. The Kier molecular flexibility index (Phi) is 3.64. The second-order valence-corrected chi connectivity index (χ2v) is 6.10. The van der Waals surface area contributed by atoms with Crippen molar-refractivity contribution in [2.24, 2.45) is 0 Å². The van der Waals surface area contributed by atoms with Gasteiger partial charge in [0.05, 0.1) is 16.8 Å². The maximum atomic E-state index is 12.1. The topological polar surface area (TPSA) is 85.1 Å². The van der Waals surface area contributed by atoms with E-state index in [1.165, 1.54) is 30.5 Å². The lowest BCUT2D eigenvalue weighted by atomic mass is 10.2. The molecule has 19 heavy (non-hydrogen) atoms. The van der Waals surface area contributed by atoms with Crippen LogP contribution in [0.15, 0.2) is 41.4 Å². The van der Waals surface area contributed by atoms with Crippen LogP contribution in [0.25, 0.3) is 0 Å². The maximum absolute atomic E-state index is 12.1. The van der Waals surface area contributed by atoms with Gasteiger partial charge in [0.2, 0.25) is 0 Å². The van der Waals surface area contributed by atoms with Crippen LogP contribution in [0.1, 0.15) is 5.56 Å². The molecule has 0 unspecified atom stereocenters. The summed E-state index contributed by atoms with van der Waals surface area (Å²) in [7, 11) is -3.67. The van der Waals surface area contributed by atoms with Crippen molar-refractivity contribution < 1.29 is 8.42 Å². The van der Waals surface area contributed by atoms with Crippen molar-refractivity contribution in [1.29, 1.82) is 0 Å². The largest absolute Gasteiger partial charge is 0.397 e.